The minimum atomic E-state index is -0.283. The van der Waals surface area contributed by atoms with E-state index >= 15 is 0 Å². The van der Waals surface area contributed by atoms with E-state index in [9.17, 15) is 9.18 Å². The van der Waals surface area contributed by atoms with Crippen LogP contribution < -0.4 is 5.32 Å². The minimum Gasteiger partial charge on any atom is -0.324 e. The number of anilines is 1. The highest BCUT2D eigenvalue weighted by atomic mass is 19.1. The first-order chi connectivity index (χ1) is 13.9. The lowest BCUT2D eigenvalue weighted by Gasteiger charge is -2.11. The molecular weight excluding hydrogens is 367 g/mol. The third kappa shape index (κ3) is 3.61. The molecule has 0 aliphatic rings. The lowest BCUT2D eigenvalue weighted by atomic mass is 10.0. The Kier molecular flexibility index (Phi) is 4.84. The second-order valence-corrected chi connectivity index (χ2v) is 7.12. The summed E-state index contributed by atoms with van der Waals surface area (Å²) in [6, 6.07) is 14.1. The number of nitrogens with one attached hydrogen (secondary N) is 1. The fourth-order valence-corrected chi connectivity index (χ4v) is 3.59. The number of fused-ring (bicyclic) bond motifs is 1. The average Bonchev–Trinajstić information content (AvgIpc) is 3.01. The number of hydrogen-bond donors (Lipinski definition) is 1. The normalized spacial score (nSPS) is 11.0. The van der Waals surface area contributed by atoms with E-state index in [-0.39, 0.29) is 18.3 Å². The first-order valence-electron chi connectivity index (χ1n) is 9.38. The SMILES string of the molecule is Cc1cccc(C)c1NC(=O)Cn1nc(C)c2c(-c3ccc(F)cc3)ccnc21. The summed E-state index contributed by atoms with van der Waals surface area (Å²) in [7, 11) is 0. The lowest BCUT2D eigenvalue weighted by molar-refractivity contribution is -0.116. The fourth-order valence-electron chi connectivity index (χ4n) is 3.59. The molecule has 29 heavy (non-hydrogen) atoms. The zero-order chi connectivity index (χ0) is 20.5. The van der Waals surface area contributed by atoms with Crippen LogP contribution in [0.5, 0.6) is 0 Å². The van der Waals surface area contributed by atoms with E-state index < -0.39 is 0 Å². The predicted molar refractivity (Wildman–Crippen MR) is 112 cm³/mol. The Hall–Kier alpha value is -3.54. The molecule has 4 rings (SSSR count). The van der Waals surface area contributed by atoms with Crippen LogP contribution in [-0.2, 0) is 11.3 Å². The molecule has 1 N–H and O–H groups in total. The molecule has 4 aromatic rings. The van der Waals surface area contributed by atoms with Crippen molar-refractivity contribution in [1.29, 1.82) is 0 Å². The molecule has 0 aliphatic carbocycles. The highest BCUT2D eigenvalue weighted by Gasteiger charge is 2.16. The van der Waals surface area contributed by atoms with Crippen molar-refractivity contribution in [3.05, 3.63) is 77.4 Å². The number of pyridine rings is 1. The standard InChI is InChI=1S/C23H21FN4O/c1-14-5-4-6-15(2)22(14)26-20(29)13-28-23-21(16(3)27-28)19(11-12-25-23)17-7-9-18(24)10-8-17/h4-12H,13H2,1-3H3,(H,26,29). The Morgan fingerprint density at radius 3 is 2.41 bits per heavy atom. The van der Waals surface area contributed by atoms with Crippen LogP contribution in [0.25, 0.3) is 22.2 Å². The highest BCUT2D eigenvalue weighted by Crippen LogP contribution is 2.30. The molecule has 0 saturated carbocycles. The number of para-hydroxylation sites is 1. The van der Waals surface area contributed by atoms with E-state index in [1.54, 1.807) is 23.0 Å². The number of hydrogen-bond acceptors (Lipinski definition) is 3. The van der Waals surface area contributed by atoms with Crippen molar-refractivity contribution in [3.63, 3.8) is 0 Å². The zero-order valence-electron chi connectivity index (χ0n) is 16.5. The summed E-state index contributed by atoms with van der Waals surface area (Å²) in [6.07, 6.45) is 1.68. The van der Waals surface area contributed by atoms with Crippen molar-refractivity contribution < 1.29 is 9.18 Å². The van der Waals surface area contributed by atoms with Gasteiger partial charge in [0.15, 0.2) is 5.65 Å². The van der Waals surface area contributed by atoms with E-state index in [2.05, 4.69) is 15.4 Å². The van der Waals surface area contributed by atoms with Crippen molar-refractivity contribution in [2.24, 2.45) is 0 Å². The van der Waals surface area contributed by atoms with Gasteiger partial charge in [-0.05, 0) is 61.2 Å². The van der Waals surface area contributed by atoms with Gasteiger partial charge >= 0.3 is 0 Å². The molecular formula is C23H21FN4O. The number of aromatic nitrogens is 3. The van der Waals surface area contributed by atoms with Crippen LogP contribution in [0.15, 0.2) is 54.7 Å². The lowest BCUT2D eigenvalue weighted by Crippen LogP contribution is -2.20. The van der Waals surface area contributed by atoms with Crippen LogP contribution in [0.1, 0.15) is 16.8 Å². The summed E-state index contributed by atoms with van der Waals surface area (Å²) in [6.45, 7) is 5.87. The minimum absolute atomic E-state index is 0.0536. The van der Waals surface area contributed by atoms with Crippen molar-refractivity contribution in [2.75, 3.05) is 5.32 Å². The first kappa shape index (κ1) is 18.8. The van der Waals surface area contributed by atoms with Gasteiger partial charge in [0.05, 0.1) is 5.69 Å². The van der Waals surface area contributed by atoms with Gasteiger partial charge in [0.25, 0.3) is 0 Å². The van der Waals surface area contributed by atoms with Gasteiger partial charge < -0.3 is 5.32 Å². The van der Waals surface area contributed by atoms with Gasteiger partial charge in [-0.15, -0.1) is 0 Å². The molecule has 0 aliphatic heterocycles. The van der Waals surface area contributed by atoms with E-state index in [1.165, 1.54) is 12.1 Å². The Morgan fingerprint density at radius 1 is 1.03 bits per heavy atom. The van der Waals surface area contributed by atoms with Crippen LogP contribution in [0.4, 0.5) is 10.1 Å². The van der Waals surface area contributed by atoms with Gasteiger partial charge in [0, 0.05) is 17.3 Å². The molecule has 1 amide bonds. The molecule has 0 spiro atoms. The molecule has 0 unspecified atom stereocenters. The van der Waals surface area contributed by atoms with Crippen LogP contribution in [0, 0.1) is 26.6 Å². The van der Waals surface area contributed by atoms with Gasteiger partial charge in [-0.2, -0.15) is 5.10 Å². The number of rotatable bonds is 4. The molecule has 2 heterocycles. The summed E-state index contributed by atoms with van der Waals surface area (Å²) in [5, 5.41) is 8.38. The Morgan fingerprint density at radius 2 is 1.72 bits per heavy atom. The monoisotopic (exact) mass is 388 g/mol. The topological polar surface area (TPSA) is 59.8 Å². The van der Waals surface area contributed by atoms with E-state index in [0.29, 0.717) is 5.65 Å². The van der Waals surface area contributed by atoms with Crippen LogP contribution in [0.2, 0.25) is 0 Å². The van der Waals surface area contributed by atoms with Gasteiger partial charge in [0.1, 0.15) is 12.4 Å². The van der Waals surface area contributed by atoms with Gasteiger partial charge in [0.2, 0.25) is 5.91 Å². The molecule has 0 bridgehead atoms. The van der Waals surface area contributed by atoms with Crippen LogP contribution in [-0.4, -0.2) is 20.7 Å². The quantitative estimate of drug-likeness (QED) is 0.546. The molecule has 0 saturated heterocycles. The van der Waals surface area contributed by atoms with Crippen molar-refractivity contribution in [1.82, 2.24) is 14.8 Å². The van der Waals surface area contributed by atoms with E-state index in [1.807, 2.05) is 45.0 Å². The van der Waals surface area contributed by atoms with E-state index in [4.69, 9.17) is 0 Å². The molecule has 0 fully saturated rings. The number of carbonyl (C=O) groups is 1. The average molecular weight is 388 g/mol. The third-order valence-electron chi connectivity index (χ3n) is 5.00. The molecule has 0 atom stereocenters. The predicted octanol–water partition coefficient (Wildman–Crippen LogP) is 4.80. The number of aryl methyl sites for hydroxylation is 3. The fraction of sp³-hybridized carbons (Fsp3) is 0.174. The number of carbonyl (C=O) groups excluding carboxylic acids is 1. The Bertz CT molecular complexity index is 1190. The first-order valence-corrected chi connectivity index (χ1v) is 9.38. The maximum Gasteiger partial charge on any atom is 0.246 e. The maximum absolute atomic E-state index is 13.3. The van der Waals surface area contributed by atoms with Crippen LogP contribution in [0.3, 0.4) is 0 Å². The highest BCUT2D eigenvalue weighted by molar-refractivity contribution is 5.96. The zero-order valence-corrected chi connectivity index (χ0v) is 16.5. The summed E-state index contributed by atoms with van der Waals surface area (Å²) in [5.41, 5.74) is 6.03. The molecule has 5 nitrogen and oxygen atoms in total. The second kappa shape index (κ2) is 7.47. The maximum atomic E-state index is 13.3. The number of benzene rings is 2. The van der Waals surface area contributed by atoms with Crippen molar-refractivity contribution in [3.8, 4) is 11.1 Å². The van der Waals surface area contributed by atoms with Gasteiger partial charge in [-0.3, -0.25) is 4.79 Å². The Labute approximate surface area is 168 Å². The number of halogens is 1. The summed E-state index contributed by atoms with van der Waals surface area (Å²) < 4.78 is 14.9. The summed E-state index contributed by atoms with van der Waals surface area (Å²) >= 11 is 0. The van der Waals surface area contributed by atoms with Gasteiger partial charge in [-0.1, -0.05) is 30.3 Å². The largest absolute Gasteiger partial charge is 0.324 e. The number of amides is 1. The second-order valence-electron chi connectivity index (χ2n) is 7.12. The summed E-state index contributed by atoms with van der Waals surface area (Å²) in [4.78, 5) is 17.1. The number of nitrogens with zero attached hydrogens (tertiary/aromatic N) is 3. The van der Waals surface area contributed by atoms with Crippen molar-refractivity contribution >= 4 is 22.6 Å². The molecule has 6 heteroatoms. The van der Waals surface area contributed by atoms with Crippen LogP contribution >= 0.6 is 0 Å². The molecule has 146 valence electrons. The Balaban J connectivity index is 1.68. The van der Waals surface area contributed by atoms with Gasteiger partial charge in [-0.25, -0.2) is 14.1 Å². The van der Waals surface area contributed by atoms with Crippen molar-refractivity contribution in [2.45, 2.75) is 27.3 Å². The third-order valence-corrected chi connectivity index (χ3v) is 5.00. The molecule has 0 radical (unpaired) electrons. The molecule has 2 aromatic carbocycles. The van der Waals surface area contributed by atoms with E-state index in [0.717, 1.165) is 39.0 Å². The molecule has 2 aromatic heterocycles. The summed E-state index contributed by atoms with van der Waals surface area (Å²) in [5.74, 6) is -0.449. The smallest absolute Gasteiger partial charge is 0.246 e.